The van der Waals surface area contributed by atoms with E-state index in [2.05, 4.69) is 84.7 Å². The highest BCUT2D eigenvalue weighted by Crippen LogP contribution is 2.28. The maximum atomic E-state index is 12.5. The zero-order valence-corrected chi connectivity index (χ0v) is 18.6. The summed E-state index contributed by atoms with van der Waals surface area (Å²) >= 11 is 0. The highest BCUT2D eigenvalue weighted by atomic mass is 16.1. The zero-order chi connectivity index (χ0) is 21.6. The maximum absolute atomic E-state index is 12.5. The van der Waals surface area contributed by atoms with Gasteiger partial charge in [-0.2, -0.15) is 0 Å². The van der Waals surface area contributed by atoms with E-state index in [0.717, 1.165) is 31.5 Å². The molecule has 0 bridgehead atoms. The lowest BCUT2D eigenvalue weighted by atomic mass is 10.0. The number of nitrogens with one attached hydrogen (secondary N) is 1. The summed E-state index contributed by atoms with van der Waals surface area (Å²) in [6, 6.07) is 25.4. The van der Waals surface area contributed by atoms with Gasteiger partial charge in [0, 0.05) is 30.9 Å². The van der Waals surface area contributed by atoms with Crippen LogP contribution in [-0.2, 0) is 19.4 Å². The van der Waals surface area contributed by atoms with Crippen LogP contribution in [0.15, 0.2) is 72.8 Å². The molecule has 3 aromatic carbocycles. The molecular formula is C28H32N2O. The highest BCUT2D eigenvalue weighted by Gasteiger charge is 2.16. The second kappa shape index (κ2) is 9.82. The number of hydrogen-bond acceptors (Lipinski definition) is 2. The van der Waals surface area contributed by atoms with Crippen LogP contribution in [0, 0.1) is 0 Å². The lowest BCUT2D eigenvalue weighted by Gasteiger charge is -2.31. The first-order chi connectivity index (χ1) is 15.1. The summed E-state index contributed by atoms with van der Waals surface area (Å²) in [5, 5.41) is 3.05. The number of para-hydroxylation sites is 1. The molecular weight excluding hydrogens is 380 g/mol. The SMILES string of the molecule is CC(C)c1ccc(CCNC(=O)c2ccc(CN3CCCc4ccccc43)cc2)cc1. The van der Waals surface area contributed by atoms with E-state index in [1.54, 1.807) is 0 Å². The van der Waals surface area contributed by atoms with Crippen LogP contribution in [-0.4, -0.2) is 19.0 Å². The van der Waals surface area contributed by atoms with Crippen LogP contribution in [0.3, 0.4) is 0 Å². The standard InChI is InChI=1S/C28H32N2O/c1-21(2)24-13-9-22(10-14-24)17-18-29-28(31)26-15-11-23(12-16-26)20-30-19-5-7-25-6-3-4-8-27(25)30/h3-4,6,8-16,21H,5,7,17-20H2,1-2H3,(H,29,31). The molecule has 0 unspecified atom stereocenters. The molecule has 3 nitrogen and oxygen atoms in total. The molecule has 0 aliphatic carbocycles. The van der Waals surface area contributed by atoms with Crippen molar-refractivity contribution in [3.05, 3.63) is 101 Å². The molecule has 31 heavy (non-hydrogen) atoms. The van der Waals surface area contributed by atoms with E-state index in [9.17, 15) is 4.79 Å². The number of nitrogens with zero attached hydrogens (tertiary/aromatic N) is 1. The minimum atomic E-state index is -0.00586. The maximum Gasteiger partial charge on any atom is 0.251 e. The van der Waals surface area contributed by atoms with Crippen molar-refractivity contribution < 1.29 is 4.79 Å². The molecule has 0 saturated heterocycles. The molecule has 1 aliphatic rings. The average Bonchev–Trinajstić information content (AvgIpc) is 2.80. The Morgan fingerprint density at radius 3 is 2.39 bits per heavy atom. The van der Waals surface area contributed by atoms with E-state index in [1.807, 2.05) is 12.1 Å². The predicted octanol–water partition coefficient (Wildman–Crippen LogP) is 5.74. The Kier molecular flexibility index (Phi) is 6.71. The minimum absolute atomic E-state index is 0.00586. The van der Waals surface area contributed by atoms with Crippen LogP contribution < -0.4 is 10.2 Å². The number of hydrogen-bond donors (Lipinski definition) is 1. The number of aryl methyl sites for hydroxylation is 1. The van der Waals surface area contributed by atoms with Gasteiger partial charge in [-0.05, 0) is 65.6 Å². The van der Waals surface area contributed by atoms with Gasteiger partial charge in [-0.1, -0.05) is 68.4 Å². The van der Waals surface area contributed by atoms with Gasteiger partial charge in [0.05, 0.1) is 0 Å². The second-order valence-electron chi connectivity index (χ2n) is 8.75. The number of fused-ring (bicyclic) bond motifs is 1. The Hall–Kier alpha value is -3.07. The van der Waals surface area contributed by atoms with Gasteiger partial charge in [0.1, 0.15) is 0 Å². The lowest BCUT2D eigenvalue weighted by molar-refractivity contribution is 0.0954. The van der Waals surface area contributed by atoms with E-state index in [-0.39, 0.29) is 5.91 Å². The van der Waals surface area contributed by atoms with Crippen molar-refractivity contribution in [1.29, 1.82) is 0 Å². The first kappa shape index (κ1) is 21.2. The Morgan fingerprint density at radius 2 is 1.65 bits per heavy atom. The van der Waals surface area contributed by atoms with Crippen molar-refractivity contribution in [2.24, 2.45) is 0 Å². The van der Waals surface area contributed by atoms with Crippen LogP contribution >= 0.6 is 0 Å². The third-order valence-electron chi connectivity index (χ3n) is 6.14. The summed E-state index contributed by atoms with van der Waals surface area (Å²) in [6.45, 7) is 7.01. The van der Waals surface area contributed by atoms with Gasteiger partial charge >= 0.3 is 0 Å². The van der Waals surface area contributed by atoms with Crippen LogP contribution in [0.1, 0.15) is 58.8 Å². The summed E-state index contributed by atoms with van der Waals surface area (Å²) in [5.41, 5.74) is 7.33. The van der Waals surface area contributed by atoms with Crippen molar-refractivity contribution in [2.45, 2.75) is 45.6 Å². The average molecular weight is 413 g/mol. The predicted molar refractivity (Wildman–Crippen MR) is 129 cm³/mol. The van der Waals surface area contributed by atoms with Crippen LogP contribution in [0.2, 0.25) is 0 Å². The van der Waals surface area contributed by atoms with E-state index in [0.29, 0.717) is 12.5 Å². The minimum Gasteiger partial charge on any atom is -0.367 e. The Labute approximate surface area is 186 Å². The van der Waals surface area contributed by atoms with E-state index >= 15 is 0 Å². The van der Waals surface area contributed by atoms with Gasteiger partial charge in [-0.15, -0.1) is 0 Å². The summed E-state index contributed by atoms with van der Waals surface area (Å²) < 4.78 is 0. The highest BCUT2D eigenvalue weighted by molar-refractivity contribution is 5.94. The van der Waals surface area contributed by atoms with Crippen LogP contribution in [0.25, 0.3) is 0 Å². The molecule has 0 spiro atoms. The number of rotatable bonds is 7. The third kappa shape index (κ3) is 5.35. The molecule has 0 aromatic heterocycles. The van der Waals surface area contributed by atoms with Gasteiger partial charge in [0.15, 0.2) is 0 Å². The summed E-state index contributed by atoms with van der Waals surface area (Å²) in [4.78, 5) is 15.0. The first-order valence-electron chi connectivity index (χ1n) is 11.4. The number of benzene rings is 3. The lowest BCUT2D eigenvalue weighted by Crippen LogP contribution is -2.29. The fourth-order valence-electron chi connectivity index (χ4n) is 4.25. The van der Waals surface area contributed by atoms with E-state index < -0.39 is 0 Å². The van der Waals surface area contributed by atoms with Crippen molar-refractivity contribution in [3.8, 4) is 0 Å². The monoisotopic (exact) mass is 412 g/mol. The van der Waals surface area contributed by atoms with Crippen molar-refractivity contribution in [2.75, 3.05) is 18.0 Å². The van der Waals surface area contributed by atoms with Gasteiger partial charge < -0.3 is 10.2 Å². The Morgan fingerprint density at radius 1 is 0.935 bits per heavy atom. The zero-order valence-electron chi connectivity index (χ0n) is 18.6. The summed E-state index contributed by atoms with van der Waals surface area (Å²) in [6.07, 6.45) is 3.20. The number of carbonyl (C=O) groups excluding carboxylic acids is 1. The molecule has 0 fully saturated rings. The Bertz CT molecular complexity index is 1010. The molecule has 3 heteroatoms. The van der Waals surface area contributed by atoms with Crippen molar-refractivity contribution in [3.63, 3.8) is 0 Å². The molecule has 0 saturated carbocycles. The number of carbonyl (C=O) groups is 1. The molecule has 1 N–H and O–H groups in total. The van der Waals surface area contributed by atoms with Crippen molar-refractivity contribution >= 4 is 11.6 Å². The van der Waals surface area contributed by atoms with E-state index in [1.165, 1.54) is 34.4 Å². The molecule has 0 radical (unpaired) electrons. The molecule has 1 heterocycles. The van der Waals surface area contributed by atoms with Crippen molar-refractivity contribution in [1.82, 2.24) is 5.32 Å². The molecule has 160 valence electrons. The third-order valence-corrected chi connectivity index (χ3v) is 6.14. The largest absolute Gasteiger partial charge is 0.367 e. The normalized spacial score (nSPS) is 13.2. The quantitative estimate of drug-likeness (QED) is 0.537. The van der Waals surface area contributed by atoms with Gasteiger partial charge in [0.25, 0.3) is 5.91 Å². The van der Waals surface area contributed by atoms with Gasteiger partial charge in [-0.3, -0.25) is 4.79 Å². The topological polar surface area (TPSA) is 32.3 Å². The Balaban J connectivity index is 1.29. The smallest absolute Gasteiger partial charge is 0.251 e. The van der Waals surface area contributed by atoms with E-state index in [4.69, 9.17) is 0 Å². The number of amides is 1. The van der Waals surface area contributed by atoms with Gasteiger partial charge in [0.2, 0.25) is 0 Å². The first-order valence-corrected chi connectivity index (χ1v) is 11.4. The van der Waals surface area contributed by atoms with Crippen LogP contribution in [0.5, 0.6) is 0 Å². The molecule has 4 rings (SSSR count). The second-order valence-corrected chi connectivity index (χ2v) is 8.75. The number of anilines is 1. The fraction of sp³-hybridized carbons (Fsp3) is 0.321. The summed E-state index contributed by atoms with van der Waals surface area (Å²) in [7, 11) is 0. The molecule has 1 aliphatic heterocycles. The molecule has 1 amide bonds. The summed E-state index contributed by atoms with van der Waals surface area (Å²) in [5.74, 6) is 0.537. The molecule has 3 aromatic rings. The van der Waals surface area contributed by atoms with Gasteiger partial charge in [-0.25, -0.2) is 0 Å². The van der Waals surface area contributed by atoms with Crippen LogP contribution in [0.4, 0.5) is 5.69 Å². The fourth-order valence-corrected chi connectivity index (χ4v) is 4.25. The molecule has 0 atom stereocenters.